The zero-order chi connectivity index (χ0) is 20.4. The number of carbonyl (C=O) groups excluding carboxylic acids is 3. The highest BCUT2D eigenvalue weighted by atomic mass is 16.6. The topological polar surface area (TPSA) is 103 Å². The summed E-state index contributed by atoms with van der Waals surface area (Å²) in [6.07, 6.45) is 4.01. The lowest BCUT2D eigenvalue weighted by Gasteiger charge is -2.23. The lowest BCUT2D eigenvalue weighted by atomic mass is 9.96. The zero-order valence-corrected chi connectivity index (χ0v) is 16.4. The fourth-order valence-electron chi connectivity index (χ4n) is 2.95. The lowest BCUT2D eigenvalue weighted by Crippen LogP contribution is -2.48. The van der Waals surface area contributed by atoms with E-state index in [2.05, 4.69) is 10.6 Å². The molecule has 0 radical (unpaired) electrons. The van der Waals surface area contributed by atoms with E-state index in [0.717, 1.165) is 25.7 Å². The summed E-state index contributed by atoms with van der Waals surface area (Å²) in [4.78, 5) is 35.9. The van der Waals surface area contributed by atoms with E-state index in [0.29, 0.717) is 18.1 Å². The number of benzene rings is 1. The maximum absolute atomic E-state index is 12.0. The summed E-state index contributed by atoms with van der Waals surface area (Å²) >= 11 is 0. The number of para-hydroxylation sites is 2. The molecule has 1 aliphatic carbocycles. The molecule has 2 rings (SSSR count). The average Bonchev–Trinajstić information content (AvgIpc) is 2.68. The molecule has 1 atom stereocenters. The SMILES string of the molecule is CCOc1ccccc1OCC(=O)O[C@@H](C)C(=O)NC(=O)NC1CCCCC1. The third kappa shape index (κ3) is 7.09. The third-order valence-electron chi connectivity index (χ3n) is 4.35. The summed E-state index contributed by atoms with van der Waals surface area (Å²) < 4.78 is 15.8. The van der Waals surface area contributed by atoms with Crippen LogP contribution in [0.3, 0.4) is 0 Å². The molecule has 8 nitrogen and oxygen atoms in total. The Morgan fingerprint density at radius 3 is 2.36 bits per heavy atom. The van der Waals surface area contributed by atoms with Crippen LogP contribution in [0.25, 0.3) is 0 Å². The molecule has 2 N–H and O–H groups in total. The van der Waals surface area contributed by atoms with Crippen LogP contribution in [0.2, 0.25) is 0 Å². The van der Waals surface area contributed by atoms with E-state index in [1.54, 1.807) is 24.3 Å². The predicted molar refractivity (Wildman–Crippen MR) is 102 cm³/mol. The monoisotopic (exact) mass is 392 g/mol. The molecule has 0 bridgehead atoms. The van der Waals surface area contributed by atoms with Gasteiger partial charge in [0.1, 0.15) is 0 Å². The molecular weight excluding hydrogens is 364 g/mol. The fourth-order valence-corrected chi connectivity index (χ4v) is 2.95. The molecule has 8 heteroatoms. The van der Waals surface area contributed by atoms with Crippen LogP contribution in [-0.2, 0) is 14.3 Å². The van der Waals surface area contributed by atoms with E-state index in [1.165, 1.54) is 13.3 Å². The number of hydrogen-bond acceptors (Lipinski definition) is 6. The highest BCUT2D eigenvalue weighted by molar-refractivity contribution is 5.97. The van der Waals surface area contributed by atoms with Crippen LogP contribution in [-0.4, -0.2) is 43.3 Å². The van der Waals surface area contributed by atoms with Gasteiger partial charge in [-0.2, -0.15) is 0 Å². The maximum atomic E-state index is 12.0. The Morgan fingerprint density at radius 1 is 1.07 bits per heavy atom. The van der Waals surface area contributed by atoms with Crippen LogP contribution >= 0.6 is 0 Å². The largest absolute Gasteiger partial charge is 0.490 e. The van der Waals surface area contributed by atoms with Gasteiger partial charge < -0.3 is 19.5 Å². The fraction of sp³-hybridized carbons (Fsp3) is 0.550. The second-order valence-electron chi connectivity index (χ2n) is 6.60. The van der Waals surface area contributed by atoms with E-state index in [9.17, 15) is 14.4 Å². The molecule has 1 aliphatic rings. The minimum atomic E-state index is -1.12. The smallest absolute Gasteiger partial charge is 0.344 e. The molecule has 3 amide bonds. The number of rotatable bonds is 8. The van der Waals surface area contributed by atoms with Gasteiger partial charge in [-0.05, 0) is 38.8 Å². The summed E-state index contributed by atoms with van der Waals surface area (Å²) in [5, 5.41) is 4.98. The van der Waals surface area contributed by atoms with Gasteiger partial charge >= 0.3 is 12.0 Å². The molecule has 0 unspecified atom stereocenters. The van der Waals surface area contributed by atoms with Crippen molar-refractivity contribution in [2.24, 2.45) is 0 Å². The number of amides is 3. The standard InChI is InChI=1S/C20H28N2O6/c1-3-26-16-11-7-8-12-17(16)27-13-18(23)28-14(2)19(24)22-20(25)21-15-9-5-4-6-10-15/h7-8,11-12,14-15H,3-6,9-10,13H2,1-2H3,(H2,21,22,24,25)/t14-/m0/s1. The molecule has 0 spiro atoms. The molecule has 1 aromatic rings. The number of carbonyl (C=O) groups is 3. The van der Waals surface area contributed by atoms with Crippen molar-refractivity contribution < 1.29 is 28.6 Å². The number of ether oxygens (including phenoxy) is 3. The van der Waals surface area contributed by atoms with E-state index >= 15 is 0 Å². The molecular formula is C20H28N2O6. The first kappa shape index (κ1) is 21.5. The Bertz CT molecular complexity index is 672. The summed E-state index contributed by atoms with van der Waals surface area (Å²) in [5.41, 5.74) is 0. The van der Waals surface area contributed by atoms with E-state index in [-0.39, 0.29) is 12.6 Å². The molecule has 1 aromatic carbocycles. The summed E-state index contributed by atoms with van der Waals surface area (Å²) in [6, 6.07) is 6.46. The van der Waals surface area contributed by atoms with Gasteiger partial charge in [-0.15, -0.1) is 0 Å². The van der Waals surface area contributed by atoms with Crippen LogP contribution in [0.4, 0.5) is 4.79 Å². The molecule has 28 heavy (non-hydrogen) atoms. The van der Waals surface area contributed by atoms with Gasteiger partial charge in [-0.1, -0.05) is 31.4 Å². The van der Waals surface area contributed by atoms with Crippen molar-refractivity contribution in [2.75, 3.05) is 13.2 Å². The lowest BCUT2D eigenvalue weighted by molar-refractivity contribution is -0.156. The van der Waals surface area contributed by atoms with Gasteiger partial charge in [0.05, 0.1) is 6.61 Å². The van der Waals surface area contributed by atoms with Crippen LogP contribution in [0, 0.1) is 0 Å². The van der Waals surface area contributed by atoms with E-state index in [4.69, 9.17) is 14.2 Å². The van der Waals surface area contributed by atoms with Crippen molar-refractivity contribution in [2.45, 2.75) is 58.1 Å². The maximum Gasteiger partial charge on any atom is 0.344 e. The van der Waals surface area contributed by atoms with Crippen molar-refractivity contribution >= 4 is 17.9 Å². The van der Waals surface area contributed by atoms with Gasteiger partial charge in [0.25, 0.3) is 5.91 Å². The van der Waals surface area contributed by atoms with Crippen LogP contribution in [0.15, 0.2) is 24.3 Å². The number of hydrogen-bond donors (Lipinski definition) is 2. The highest BCUT2D eigenvalue weighted by Crippen LogP contribution is 2.26. The number of imide groups is 1. The minimum Gasteiger partial charge on any atom is -0.490 e. The first-order valence-corrected chi connectivity index (χ1v) is 9.65. The molecule has 0 heterocycles. The van der Waals surface area contributed by atoms with Crippen molar-refractivity contribution in [3.63, 3.8) is 0 Å². The Morgan fingerprint density at radius 2 is 1.71 bits per heavy atom. The Kier molecular flexibility index (Phi) is 8.58. The summed E-state index contributed by atoms with van der Waals surface area (Å²) in [6.45, 7) is 3.33. The molecule has 0 aromatic heterocycles. The predicted octanol–water partition coefficient (Wildman–Crippen LogP) is 2.55. The minimum absolute atomic E-state index is 0.0817. The van der Waals surface area contributed by atoms with Gasteiger partial charge in [-0.3, -0.25) is 10.1 Å². The first-order valence-electron chi connectivity index (χ1n) is 9.65. The first-order chi connectivity index (χ1) is 13.5. The van der Waals surface area contributed by atoms with E-state index < -0.39 is 24.0 Å². The van der Waals surface area contributed by atoms with Crippen LogP contribution in [0.1, 0.15) is 46.0 Å². The Labute approximate surface area is 164 Å². The number of urea groups is 1. The third-order valence-corrected chi connectivity index (χ3v) is 4.35. The van der Waals surface area contributed by atoms with Gasteiger partial charge in [0.2, 0.25) is 0 Å². The van der Waals surface area contributed by atoms with Crippen molar-refractivity contribution in [1.29, 1.82) is 0 Å². The van der Waals surface area contributed by atoms with E-state index in [1.807, 2.05) is 6.92 Å². The number of nitrogens with one attached hydrogen (secondary N) is 2. The number of esters is 1. The summed E-state index contributed by atoms with van der Waals surface area (Å²) in [5.74, 6) is -0.480. The molecule has 1 saturated carbocycles. The second-order valence-corrected chi connectivity index (χ2v) is 6.60. The Balaban J connectivity index is 1.73. The molecule has 0 saturated heterocycles. The molecule has 154 valence electrons. The van der Waals surface area contributed by atoms with Crippen LogP contribution in [0.5, 0.6) is 11.5 Å². The quantitative estimate of drug-likeness (QED) is 0.659. The molecule has 1 fully saturated rings. The second kappa shape index (κ2) is 11.2. The van der Waals surface area contributed by atoms with Crippen molar-refractivity contribution in [1.82, 2.24) is 10.6 Å². The van der Waals surface area contributed by atoms with Crippen molar-refractivity contribution in [3.05, 3.63) is 24.3 Å². The molecule has 0 aliphatic heterocycles. The summed E-state index contributed by atoms with van der Waals surface area (Å²) in [7, 11) is 0. The van der Waals surface area contributed by atoms with Gasteiger partial charge in [0, 0.05) is 6.04 Å². The van der Waals surface area contributed by atoms with Gasteiger partial charge in [0.15, 0.2) is 24.2 Å². The average molecular weight is 392 g/mol. The highest BCUT2D eigenvalue weighted by Gasteiger charge is 2.22. The normalized spacial score (nSPS) is 15.2. The van der Waals surface area contributed by atoms with Gasteiger partial charge in [-0.25, -0.2) is 9.59 Å². The zero-order valence-electron chi connectivity index (χ0n) is 16.4. The van der Waals surface area contributed by atoms with Crippen LogP contribution < -0.4 is 20.1 Å². The van der Waals surface area contributed by atoms with Crippen molar-refractivity contribution in [3.8, 4) is 11.5 Å². The Hall–Kier alpha value is -2.77.